The number of nitrogens with two attached hydrogens (primary N) is 1. The molecular formula is C17H17N3O. The highest BCUT2D eigenvalue weighted by Crippen LogP contribution is 2.24. The Morgan fingerprint density at radius 2 is 1.76 bits per heavy atom. The van der Waals surface area contributed by atoms with Crippen LogP contribution < -0.4 is 11.1 Å². The predicted molar refractivity (Wildman–Crippen MR) is 85.6 cm³/mol. The van der Waals surface area contributed by atoms with E-state index >= 15 is 0 Å². The number of rotatable bonds is 3. The van der Waals surface area contributed by atoms with Crippen molar-refractivity contribution in [2.24, 2.45) is 0 Å². The van der Waals surface area contributed by atoms with Crippen molar-refractivity contribution in [1.82, 2.24) is 4.98 Å². The van der Waals surface area contributed by atoms with Crippen LogP contribution in [-0.4, -0.2) is 4.98 Å². The molecule has 0 aliphatic carbocycles. The van der Waals surface area contributed by atoms with Crippen LogP contribution in [0.25, 0.3) is 11.3 Å². The first-order chi connectivity index (χ1) is 10.1. The molecule has 106 valence electrons. The maximum atomic E-state index is 5.68. The van der Waals surface area contributed by atoms with E-state index in [1.807, 2.05) is 30.3 Å². The Labute approximate surface area is 123 Å². The summed E-state index contributed by atoms with van der Waals surface area (Å²) < 4.78 is 5.47. The zero-order valence-corrected chi connectivity index (χ0v) is 12.1. The van der Waals surface area contributed by atoms with E-state index in [1.165, 1.54) is 11.1 Å². The summed E-state index contributed by atoms with van der Waals surface area (Å²) >= 11 is 0. The molecule has 3 aromatic rings. The highest BCUT2D eigenvalue weighted by atomic mass is 16.4. The van der Waals surface area contributed by atoms with Gasteiger partial charge in [-0.25, -0.2) is 0 Å². The Hall–Kier alpha value is -2.75. The van der Waals surface area contributed by atoms with Gasteiger partial charge in [-0.15, -0.1) is 0 Å². The fourth-order valence-electron chi connectivity index (χ4n) is 2.06. The minimum Gasteiger partial charge on any atom is -0.431 e. The number of nitrogens with zero attached hydrogens (tertiary/aromatic N) is 1. The number of nitrogens with one attached hydrogen (secondary N) is 1. The molecule has 0 saturated carbocycles. The molecule has 0 unspecified atom stereocenters. The summed E-state index contributed by atoms with van der Waals surface area (Å²) in [5, 5.41) is 3.17. The van der Waals surface area contributed by atoms with Crippen LogP contribution >= 0.6 is 0 Å². The molecule has 0 aliphatic heterocycles. The average Bonchev–Trinajstić information content (AvgIpc) is 2.92. The normalized spacial score (nSPS) is 10.6. The summed E-state index contributed by atoms with van der Waals surface area (Å²) in [4.78, 5) is 4.44. The topological polar surface area (TPSA) is 64.1 Å². The van der Waals surface area contributed by atoms with Crippen molar-refractivity contribution < 1.29 is 4.42 Å². The fraction of sp³-hybridized carbons (Fsp3) is 0.118. The van der Waals surface area contributed by atoms with Crippen LogP contribution in [-0.2, 0) is 0 Å². The van der Waals surface area contributed by atoms with Gasteiger partial charge in [-0.05, 0) is 49.2 Å². The zero-order valence-electron chi connectivity index (χ0n) is 12.1. The van der Waals surface area contributed by atoms with Gasteiger partial charge in [0.05, 0.1) is 0 Å². The molecule has 0 saturated heterocycles. The van der Waals surface area contributed by atoms with Crippen LogP contribution in [0.3, 0.4) is 0 Å². The van der Waals surface area contributed by atoms with Gasteiger partial charge in [0.1, 0.15) is 12.0 Å². The quantitative estimate of drug-likeness (QED) is 0.702. The molecule has 3 N–H and O–H groups in total. The Morgan fingerprint density at radius 1 is 1.00 bits per heavy atom. The molecule has 0 spiro atoms. The molecule has 0 aliphatic rings. The Balaban J connectivity index is 1.81. The fourth-order valence-corrected chi connectivity index (χ4v) is 2.06. The zero-order chi connectivity index (χ0) is 14.8. The van der Waals surface area contributed by atoms with Gasteiger partial charge < -0.3 is 15.5 Å². The van der Waals surface area contributed by atoms with E-state index in [-0.39, 0.29) is 0 Å². The van der Waals surface area contributed by atoms with Crippen molar-refractivity contribution in [1.29, 1.82) is 0 Å². The first-order valence-electron chi connectivity index (χ1n) is 6.77. The van der Waals surface area contributed by atoms with Gasteiger partial charge in [-0.1, -0.05) is 18.2 Å². The van der Waals surface area contributed by atoms with E-state index in [9.17, 15) is 0 Å². The van der Waals surface area contributed by atoms with Gasteiger partial charge >= 0.3 is 0 Å². The lowest BCUT2D eigenvalue weighted by Crippen LogP contribution is -1.92. The van der Waals surface area contributed by atoms with Crippen molar-refractivity contribution in [3.8, 4) is 11.3 Å². The van der Waals surface area contributed by atoms with Crippen LogP contribution in [0.15, 0.2) is 53.1 Å². The SMILES string of the molecule is Cc1ccc(Nc2nc(-c3ccc(N)cc3)co2)cc1C. The number of anilines is 3. The van der Waals surface area contributed by atoms with E-state index in [4.69, 9.17) is 10.2 Å². The lowest BCUT2D eigenvalue weighted by atomic mass is 10.1. The molecule has 0 atom stereocenters. The van der Waals surface area contributed by atoms with Gasteiger partial charge in [-0.2, -0.15) is 4.98 Å². The third kappa shape index (κ3) is 2.89. The van der Waals surface area contributed by atoms with Gasteiger partial charge in [0.15, 0.2) is 0 Å². The van der Waals surface area contributed by atoms with Crippen molar-refractivity contribution in [2.75, 3.05) is 11.1 Å². The lowest BCUT2D eigenvalue weighted by molar-refractivity contribution is 0.578. The van der Waals surface area contributed by atoms with E-state index in [0.29, 0.717) is 6.01 Å². The average molecular weight is 279 g/mol. The maximum Gasteiger partial charge on any atom is 0.299 e. The Morgan fingerprint density at radius 3 is 2.48 bits per heavy atom. The van der Waals surface area contributed by atoms with E-state index < -0.39 is 0 Å². The Bertz CT molecular complexity index is 760. The summed E-state index contributed by atoms with van der Waals surface area (Å²) in [6.07, 6.45) is 1.63. The Kier molecular flexibility index (Phi) is 3.36. The molecule has 0 radical (unpaired) electrons. The molecule has 0 bridgehead atoms. The number of aromatic nitrogens is 1. The van der Waals surface area contributed by atoms with Crippen molar-refractivity contribution in [3.63, 3.8) is 0 Å². The van der Waals surface area contributed by atoms with E-state index in [1.54, 1.807) is 6.26 Å². The minimum absolute atomic E-state index is 0.477. The van der Waals surface area contributed by atoms with Crippen LogP contribution in [0.1, 0.15) is 11.1 Å². The molecule has 3 rings (SSSR count). The number of aryl methyl sites for hydroxylation is 2. The monoisotopic (exact) mass is 279 g/mol. The van der Waals surface area contributed by atoms with E-state index in [0.717, 1.165) is 22.6 Å². The summed E-state index contributed by atoms with van der Waals surface area (Å²) in [5.74, 6) is 0. The highest BCUT2D eigenvalue weighted by molar-refractivity contribution is 5.63. The molecule has 1 aromatic heterocycles. The lowest BCUT2D eigenvalue weighted by Gasteiger charge is -2.04. The summed E-state index contributed by atoms with van der Waals surface area (Å²) in [6, 6.07) is 14.2. The number of hydrogen-bond acceptors (Lipinski definition) is 4. The van der Waals surface area contributed by atoms with Crippen LogP contribution in [0.4, 0.5) is 17.4 Å². The minimum atomic E-state index is 0.477. The molecule has 4 heteroatoms. The number of nitrogen functional groups attached to an aromatic ring is 1. The second-order valence-corrected chi connectivity index (χ2v) is 5.08. The standard InChI is InChI=1S/C17H17N3O/c1-11-3-8-15(9-12(11)2)19-17-20-16(10-21-17)13-4-6-14(18)7-5-13/h3-10H,18H2,1-2H3,(H,19,20). The van der Waals surface area contributed by atoms with Crippen LogP contribution in [0.5, 0.6) is 0 Å². The largest absolute Gasteiger partial charge is 0.431 e. The second-order valence-electron chi connectivity index (χ2n) is 5.08. The predicted octanol–water partition coefficient (Wildman–Crippen LogP) is 4.28. The van der Waals surface area contributed by atoms with Gasteiger partial charge in [-0.3, -0.25) is 0 Å². The van der Waals surface area contributed by atoms with Crippen LogP contribution in [0, 0.1) is 13.8 Å². The van der Waals surface area contributed by atoms with Gasteiger partial charge in [0, 0.05) is 16.9 Å². The van der Waals surface area contributed by atoms with E-state index in [2.05, 4.69) is 36.3 Å². The smallest absolute Gasteiger partial charge is 0.299 e. The first-order valence-corrected chi connectivity index (χ1v) is 6.77. The number of hydrogen-bond donors (Lipinski definition) is 2. The van der Waals surface area contributed by atoms with Gasteiger partial charge in [0.25, 0.3) is 6.01 Å². The first kappa shape index (κ1) is 13.2. The third-order valence-electron chi connectivity index (χ3n) is 3.47. The molecule has 21 heavy (non-hydrogen) atoms. The highest BCUT2D eigenvalue weighted by Gasteiger charge is 2.07. The molecule has 2 aromatic carbocycles. The molecule has 1 heterocycles. The van der Waals surface area contributed by atoms with Crippen molar-refractivity contribution >= 4 is 17.4 Å². The maximum absolute atomic E-state index is 5.68. The number of oxazole rings is 1. The molecular weight excluding hydrogens is 262 g/mol. The summed E-state index contributed by atoms with van der Waals surface area (Å²) in [5.41, 5.74) is 11.6. The van der Waals surface area contributed by atoms with Crippen molar-refractivity contribution in [3.05, 3.63) is 59.9 Å². The van der Waals surface area contributed by atoms with Crippen LogP contribution in [0.2, 0.25) is 0 Å². The van der Waals surface area contributed by atoms with Gasteiger partial charge in [0.2, 0.25) is 0 Å². The second kappa shape index (κ2) is 5.32. The summed E-state index contributed by atoms with van der Waals surface area (Å²) in [7, 11) is 0. The van der Waals surface area contributed by atoms with Crippen molar-refractivity contribution in [2.45, 2.75) is 13.8 Å². The number of benzene rings is 2. The molecule has 4 nitrogen and oxygen atoms in total. The molecule has 0 amide bonds. The summed E-state index contributed by atoms with van der Waals surface area (Å²) in [6.45, 7) is 4.17. The molecule has 0 fully saturated rings. The third-order valence-corrected chi connectivity index (χ3v) is 3.47.